The van der Waals surface area contributed by atoms with Gasteiger partial charge >= 0.3 is 6.61 Å². The zero-order chi connectivity index (χ0) is 20.2. The highest BCUT2D eigenvalue weighted by atomic mass is 19.3. The Morgan fingerprint density at radius 1 is 1.21 bits per heavy atom. The monoisotopic (exact) mass is 397 g/mol. The van der Waals surface area contributed by atoms with E-state index in [9.17, 15) is 8.78 Å². The number of guanidine groups is 1. The number of nitrogens with zero attached hydrogens (tertiary/aromatic N) is 1. The first-order valence-corrected chi connectivity index (χ1v) is 8.78. The summed E-state index contributed by atoms with van der Waals surface area (Å²) in [7, 11) is 3.05. The largest absolute Gasteiger partial charge is 0.493 e. The van der Waals surface area contributed by atoms with Crippen LogP contribution in [-0.2, 0) is 17.9 Å². The fraction of sp³-hybridized carbons (Fsp3) is 0.421. The van der Waals surface area contributed by atoms with Crippen LogP contribution in [0.5, 0.6) is 11.5 Å². The average molecular weight is 397 g/mol. The topological polar surface area (TPSA) is 77.3 Å². The molecule has 0 amide bonds. The number of hydrogen-bond donors (Lipinski definition) is 2. The summed E-state index contributed by atoms with van der Waals surface area (Å²) < 4.78 is 45.2. The van der Waals surface area contributed by atoms with E-state index in [1.54, 1.807) is 25.4 Å². The van der Waals surface area contributed by atoms with Gasteiger partial charge in [0.25, 0.3) is 0 Å². The normalized spacial score (nSPS) is 11.5. The van der Waals surface area contributed by atoms with E-state index < -0.39 is 6.61 Å². The molecule has 1 aromatic heterocycles. The quantitative estimate of drug-likeness (QED) is 0.345. The molecular weight excluding hydrogens is 372 g/mol. The van der Waals surface area contributed by atoms with Crippen molar-refractivity contribution in [3.05, 3.63) is 47.9 Å². The van der Waals surface area contributed by atoms with Crippen molar-refractivity contribution in [2.45, 2.75) is 26.2 Å². The van der Waals surface area contributed by atoms with Crippen LogP contribution in [0.4, 0.5) is 8.78 Å². The van der Waals surface area contributed by atoms with Crippen LogP contribution >= 0.6 is 0 Å². The summed E-state index contributed by atoms with van der Waals surface area (Å²) in [6.07, 6.45) is 2.40. The Labute approximate surface area is 162 Å². The number of hydrogen-bond acceptors (Lipinski definition) is 5. The standard InChI is InChI=1S/C19H25F2N3O4/c1-22-19(23-8-4-9-26-13-15-5-3-10-27-15)24-12-14-6-7-16(25-2)17(11-14)28-18(20)21/h3,5-7,10-11,18H,4,8-9,12-13H2,1-2H3,(H2,22,23,24). The van der Waals surface area contributed by atoms with Crippen LogP contribution in [0.25, 0.3) is 0 Å². The molecule has 0 radical (unpaired) electrons. The van der Waals surface area contributed by atoms with Gasteiger partial charge < -0.3 is 29.3 Å². The lowest BCUT2D eigenvalue weighted by Gasteiger charge is -2.14. The lowest BCUT2D eigenvalue weighted by atomic mass is 10.2. The van der Waals surface area contributed by atoms with Crippen LogP contribution in [0.15, 0.2) is 46.0 Å². The number of rotatable bonds is 11. The molecule has 9 heteroatoms. The maximum absolute atomic E-state index is 12.5. The van der Waals surface area contributed by atoms with Gasteiger partial charge in [-0.1, -0.05) is 6.07 Å². The summed E-state index contributed by atoms with van der Waals surface area (Å²) in [4.78, 5) is 4.13. The molecule has 0 unspecified atom stereocenters. The number of furan rings is 1. The van der Waals surface area contributed by atoms with E-state index >= 15 is 0 Å². The van der Waals surface area contributed by atoms with Crippen molar-refractivity contribution in [2.24, 2.45) is 4.99 Å². The molecule has 0 bridgehead atoms. The smallest absolute Gasteiger partial charge is 0.387 e. The van der Waals surface area contributed by atoms with Crippen molar-refractivity contribution in [1.29, 1.82) is 0 Å². The first kappa shape index (κ1) is 21.5. The summed E-state index contributed by atoms with van der Waals surface area (Å²) in [5.74, 6) is 1.63. The molecule has 0 fully saturated rings. The van der Waals surface area contributed by atoms with Crippen molar-refractivity contribution in [2.75, 3.05) is 27.3 Å². The molecule has 7 nitrogen and oxygen atoms in total. The summed E-state index contributed by atoms with van der Waals surface area (Å²) in [6.45, 7) is -0.835. The average Bonchev–Trinajstić information content (AvgIpc) is 3.20. The predicted octanol–water partition coefficient (Wildman–Crippen LogP) is 3.16. The lowest BCUT2D eigenvalue weighted by molar-refractivity contribution is -0.0512. The summed E-state index contributed by atoms with van der Waals surface area (Å²) >= 11 is 0. The lowest BCUT2D eigenvalue weighted by Crippen LogP contribution is -2.37. The SMILES string of the molecule is CN=C(NCCCOCc1ccco1)NCc1ccc(OC)c(OC(F)F)c1. The van der Waals surface area contributed by atoms with Gasteiger partial charge in [0.15, 0.2) is 17.5 Å². The Hall–Kier alpha value is -2.81. The van der Waals surface area contributed by atoms with Crippen molar-refractivity contribution < 1.29 is 27.4 Å². The van der Waals surface area contributed by atoms with E-state index in [0.29, 0.717) is 32.3 Å². The molecule has 2 N–H and O–H groups in total. The van der Waals surface area contributed by atoms with Gasteiger partial charge in [0.05, 0.1) is 13.4 Å². The maximum atomic E-state index is 12.5. The van der Waals surface area contributed by atoms with E-state index in [1.165, 1.54) is 13.2 Å². The zero-order valence-corrected chi connectivity index (χ0v) is 15.9. The molecule has 0 saturated heterocycles. The molecule has 2 rings (SSSR count). The Balaban J connectivity index is 1.71. The van der Waals surface area contributed by atoms with Gasteiger partial charge in [-0.25, -0.2) is 0 Å². The third kappa shape index (κ3) is 7.43. The molecule has 2 aromatic rings. The number of methoxy groups -OCH3 is 1. The number of alkyl halides is 2. The minimum Gasteiger partial charge on any atom is -0.493 e. The second-order valence-corrected chi connectivity index (χ2v) is 5.70. The third-order valence-corrected chi connectivity index (χ3v) is 3.71. The second kappa shape index (κ2) is 11.8. The summed E-state index contributed by atoms with van der Waals surface area (Å²) in [6, 6.07) is 8.54. The maximum Gasteiger partial charge on any atom is 0.387 e. The summed E-state index contributed by atoms with van der Waals surface area (Å²) in [5, 5.41) is 6.28. The van der Waals surface area contributed by atoms with Gasteiger partial charge in [-0.2, -0.15) is 8.78 Å². The Morgan fingerprint density at radius 2 is 2.07 bits per heavy atom. The second-order valence-electron chi connectivity index (χ2n) is 5.70. The molecule has 28 heavy (non-hydrogen) atoms. The molecule has 0 saturated carbocycles. The predicted molar refractivity (Wildman–Crippen MR) is 101 cm³/mol. The van der Waals surface area contributed by atoms with E-state index in [4.69, 9.17) is 13.9 Å². The van der Waals surface area contributed by atoms with Crippen LogP contribution < -0.4 is 20.1 Å². The molecule has 0 aliphatic heterocycles. The van der Waals surface area contributed by atoms with Gasteiger partial charge in [0, 0.05) is 26.7 Å². The molecule has 0 aliphatic rings. The van der Waals surface area contributed by atoms with Gasteiger partial charge in [-0.15, -0.1) is 0 Å². The molecule has 1 heterocycles. The van der Waals surface area contributed by atoms with Crippen molar-refractivity contribution >= 4 is 5.96 Å². The van der Waals surface area contributed by atoms with Gasteiger partial charge in [0.1, 0.15) is 12.4 Å². The number of ether oxygens (including phenoxy) is 3. The van der Waals surface area contributed by atoms with E-state index in [0.717, 1.165) is 17.7 Å². The first-order valence-electron chi connectivity index (χ1n) is 8.78. The molecule has 154 valence electrons. The minimum absolute atomic E-state index is 0.00606. The van der Waals surface area contributed by atoms with Gasteiger partial charge in [0.2, 0.25) is 0 Å². The van der Waals surface area contributed by atoms with Gasteiger partial charge in [-0.05, 0) is 36.2 Å². The third-order valence-electron chi connectivity index (χ3n) is 3.71. The highest BCUT2D eigenvalue weighted by Crippen LogP contribution is 2.29. The fourth-order valence-corrected chi connectivity index (χ4v) is 2.37. The van der Waals surface area contributed by atoms with Crippen LogP contribution in [0.3, 0.4) is 0 Å². The van der Waals surface area contributed by atoms with Crippen LogP contribution in [0.2, 0.25) is 0 Å². The fourth-order valence-electron chi connectivity index (χ4n) is 2.37. The van der Waals surface area contributed by atoms with Crippen molar-refractivity contribution in [3.63, 3.8) is 0 Å². The van der Waals surface area contributed by atoms with E-state index in [-0.39, 0.29) is 11.5 Å². The highest BCUT2D eigenvalue weighted by Gasteiger charge is 2.11. The zero-order valence-electron chi connectivity index (χ0n) is 15.9. The molecule has 0 spiro atoms. The van der Waals surface area contributed by atoms with Crippen LogP contribution in [0.1, 0.15) is 17.7 Å². The molecule has 1 aromatic carbocycles. The van der Waals surface area contributed by atoms with E-state index in [1.807, 2.05) is 12.1 Å². The number of aliphatic imine (C=N–C) groups is 1. The minimum atomic E-state index is -2.92. The van der Waals surface area contributed by atoms with Crippen molar-refractivity contribution in [1.82, 2.24) is 10.6 Å². The Kier molecular flexibility index (Phi) is 9.06. The molecule has 0 aliphatic carbocycles. The Morgan fingerprint density at radius 3 is 2.75 bits per heavy atom. The molecule has 0 atom stereocenters. The molecular formula is C19H25F2N3O4. The highest BCUT2D eigenvalue weighted by molar-refractivity contribution is 5.79. The number of nitrogens with one attached hydrogen (secondary N) is 2. The number of halogens is 2. The van der Waals surface area contributed by atoms with Crippen molar-refractivity contribution in [3.8, 4) is 11.5 Å². The first-order chi connectivity index (χ1) is 13.6. The van der Waals surface area contributed by atoms with E-state index in [2.05, 4.69) is 20.4 Å². The van der Waals surface area contributed by atoms with Gasteiger partial charge in [-0.3, -0.25) is 4.99 Å². The Bertz CT molecular complexity index is 724. The van der Waals surface area contributed by atoms with Crippen LogP contribution in [0, 0.1) is 0 Å². The van der Waals surface area contributed by atoms with Crippen LogP contribution in [-0.4, -0.2) is 39.9 Å². The number of benzene rings is 1. The summed E-state index contributed by atoms with van der Waals surface area (Å²) in [5.41, 5.74) is 0.751.